The summed E-state index contributed by atoms with van der Waals surface area (Å²) in [5, 5.41) is 48.0. The minimum Gasteiger partial charge on any atom is -0.463 e. The number of rotatable bonds is 14. The summed E-state index contributed by atoms with van der Waals surface area (Å²) in [5.41, 5.74) is 0. The lowest BCUT2D eigenvalue weighted by Crippen LogP contribution is -2.60. The molecule has 1 heterocycles. The summed E-state index contributed by atoms with van der Waals surface area (Å²) in [5.74, 6) is -0.399. The van der Waals surface area contributed by atoms with Gasteiger partial charge in [-0.25, -0.2) is 0 Å². The van der Waals surface area contributed by atoms with Gasteiger partial charge in [-0.1, -0.05) is 45.4 Å². The topological polar surface area (TPSA) is 146 Å². The Morgan fingerprint density at radius 2 is 1.61 bits per heavy atom. The molecule has 9 nitrogen and oxygen atoms in total. The summed E-state index contributed by atoms with van der Waals surface area (Å²) >= 11 is 0. The van der Waals surface area contributed by atoms with E-state index in [1.165, 1.54) is 25.7 Å². The largest absolute Gasteiger partial charge is 0.463 e. The van der Waals surface area contributed by atoms with Crippen LogP contribution in [-0.4, -0.2) is 88.1 Å². The molecule has 0 aromatic carbocycles. The molecule has 0 amide bonds. The van der Waals surface area contributed by atoms with E-state index in [2.05, 4.69) is 6.92 Å². The first kappa shape index (κ1) is 25.2. The van der Waals surface area contributed by atoms with E-state index in [1.807, 2.05) is 0 Å². The average molecular weight is 408 g/mol. The second-order valence-corrected chi connectivity index (χ2v) is 7.19. The maximum absolute atomic E-state index is 11.8. The van der Waals surface area contributed by atoms with Crippen LogP contribution in [0.2, 0.25) is 0 Å². The first-order valence-electron chi connectivity index (χ1n) is 10.2. The zero-order valence-electron chi connectivity index (χ0n) is 16.6. The number of aliphatic hydroxyl groups excluding tert-OH is 5. The summed E-state index contributed by atoms with van der Waals surface area (Å²) in [7, 11) is 0. The van der Waals surface area contributed by atoms with E-state index in [1.54, 1.807) is 0 Å². The van der Waals surface area contributed by atoms with Crippen molar-refractivity contribution in [3.05, 3.63) is 0 Å². The first-order chi connectivity index (χ1) is 13.4. The predicted octanol–water partition coefficient (Wildman–Crippen LogP) is -0.152. The SMILES string of the molecule is CCCCCCCCCC(=O)OCC(CO)O[C@@H]1O[C@H](CO)[C@H](O)[C@H](O)[C@H]1O. The molecule has 1 unspecified atom stereocenters. The van der Waals surface area contributed by atoms with Crippen molar-refractivity contribution in [2.75, 3.05) is 19.8 Å². The molecule has 28 heavy (non-hydrogen) atoms. The molecule has 1 rings (SSSR count). The number of ether oxygens (including phenoxy) is 3. The van der Waals surface area contributed by atoms with E-state index in [9.17, 15) is 25.2 Å². The maximum atomic E-state index is 11.8. The molecule has 1 aliphatic heterocycles. The normalized spacial score (nSPS) is 28.9. The Morgan fingerprint density at radius 3 is 2.21 bits per heavy atom. The van der Waals surface area contributed by atoms with E-state index >= 15 is 0 Å². The number of carbonyl (C=O) groups is 1. The molecule has 6 atom stereocenters. The Kier molecular flexibility index (Phi) is 12.8. The fraction of sp³-hybridized carbons (Fsp3) is 0.947. The molecule has 0 radical (unpaired) electrons. The van der Waals surface area contributed by atoms with Crippen molar-refractivity contribution in [3.8, 4) is 0 Å². The zero-order chi connectivity index (χ0) is 20.9. The lowest BCUT2D eigenvalue weighted by molar-refractivity contribution is -0.315. The predicted molar refractivity (Wildman–Crippen MR) is 99.3 cm³/mol. The van der Waals surface area contributed by atoms with Gasteiger partial charge in [0.05, 0.1) is 13.2 Å². The van der Waals surface area contributed by atoms with Gasteiger partial charge in [-0.3, -0.25) is 4.79 Å². The summed E-state index contributed by atoms with van der Waals surface area (Å²) in [4.78, 5) is 11.8. The summed E-state index contributed by atoms with van der Waals surface area (Å²) in [6.45, 7) is 0.847. The fourth-order valence-corrected chi connectivity index (χ4v) is 2.99. The number of hydrogen-bond donors (Lipinski definition) is 5. The number of esters is 1. The molecule has 0 aromatic heterocycles. The van der Waals surface area contributed by atoms with Gasteiger partial charge in [0.2, 0.25) is 0 Å². The molecular weight excluding hydrogens is 372 g/mol. The molecule has 5 N–H and O–H groups in total. The van der Waals surface area contributed by atoms with Gasteiger partial charge in [0, 0.05) is 6.42 Å². The Morgan fingerprint density at radius 1 is 0.964 bits per heavy atom. The smallest absolute Gasteiger partial charge is 0.305 e. The van der Waals surface area contributed by atoms with Gasteiger partial charge in [0.15, 0.2) is 6.29 Å². The van der Waals surface area contributed by atoms with Crippen molar-refractivity contribution in [3.63, 3.8) is 0 Å². The highest BCUT2D eigenvalue weighted by atomic mass is 16.7. The molecule has 0 bridgehead atoms. The van der Waals surface area contributed by atoms with Gasteiger partial charge in [-0.05, 0) is 6.42 Å². The number of aliphatic hydroxyl groups is 5. The average Bonchev–Trinajstić information content (AvgIpc) is 2.70. The number of unbranched alkanes of at least 4 members (excludes halogenated alkanes) is 6. The van der Waals surface area contributed by atoms with Gasteiger partial charge >= 0.3 is 5.97 Å². The van der Waals surface area contributed by atoms with Crippen LogP contribution in [0.25, 0.3) is 0 Å². The van der Waals surface area contributed by atoms with Crippen LogP contribution in [0.3, 0.4) is 0 Å². The fourth-order valence-electron chi connectivity index (χ4n) is 2.99. The highest BCUT2D eigenvalue weighted by Crippen LogP contribution is 2.23. The van der Waals surface area contributed by atoms with Gasteiger partial charge in [-0.2, -0.15) is 0 Å². The van der Waals surface area contributed by atoms with E-state index in [-0.39, 0.29) is 13.0 Å². The minimum absolute atomic E-state index is 0.235. The van der Waals surface area contributed by atoms with Crippen LogP contribution in [-0.2, 0) is 19.0 Å². The molecule has 9 heteroatoms. The van der Waals surface area contributed by atoms with Gasteiger partial charge in [-0.15, -0.1) is 0 Å². The van der Waals surface area contributed by atoms with Gasteiger partial charge in [0.1, 0.15) is 37.1 Å². The van der Waals surface area contributed by atoms with E-state index in [0.717, 1.165) is 19.3 Å². The molecular formula is C19H36O9. The summed E-state index contributed by atoms with van der Waals surface area (Å²) in [6, 6.07) is 0. The molecule has 1 fully saturated rings. The lowest BCUT2D eigenvalue weighted by Gasteiger charge is -2.40. The van der Waals surface area contributed by atoms with Crippen molar-refractivity contribution >= 4 is 5.97 Å². The van der Waals surface area contributed by atoms with Crippen LogP contribution in [0.15, 0.2) is 0 Å². The van der Waals surface area contributed by atoms with Gasteiger partial charge in [0.25, 0.3) is 0 Å². The lowest BCUT2D eigenvalue weighted by atomic mass is 9.99. The molecule has 0 aliphatic carbocycles. The summed E-state index contributed by atoms with van der Waals surface area (Å²) < 4.78 is 15.7. The molecule has 1 saturated heterocycles. The number of hydrogen-bond acceptors (Lipinski definition) is 9. The first-order valence-corrected chi connectivity index (χ1v) is 10.2. The highest BCUT2D eigenvalue weighted by Gasteiger charge is 2.44. The van der Waals surface area contributed by atoms with Crippen molar-refractivity contribution in [2.24, 2.45) is 0 Å². The third-order valence-corrected chi connectivity index (χ3v) is 4.79. The second-order valence-electron chi connectivity index (χ2n) is 7.19. The van der Waals surface area contributed by atoms with Crippen LogP contribution in [0.1, 0.15) is 58.3 Å². The van der Waals surface area contributed by atoms with Gasteiger partial charge < -0.3 is 39.7 Å². The Hall–Kier alpha value is -0.810. The minimum atomic E-state index is -1.57. The second kappa shape index (κ2) is 14.2. The molecule has 0 aromatic rings. The van der Waals surface area contributed by atoms with Crippen LogP contribution in [0.4, 0.5) is 0 Å². The zero-order valence-corrected chi connectivity index (χ0v) is 16.6. The Bertz CT molecular complexity index is 418. The van der Waals surface area contributed by atoms with Crippen molar-refractivity contribution in [1.82, 2.24) is 0 Å². The van der Waals surface area contributed by atoms with Crippen LogP contribution >= 0.6 is 0 Å². The number of carbonyl (C=O) groups excluding carboxylic acids is 1. The molecule has 166 valence electrons. The third kappa shape index (κ3) is 8.69. The quantitative estimate of drug-likeness (QED) is 0.196. The van der Waals surface area contributed by atoms with Crippen LogP contribution < -0.4 is 0 Å². The van der Waals surface area contributed by atoms with Crippen LogP contribution in [0, 0.1) is 0 Å². The van der Waals surface area contributed by atoms with Crippen molar-refractivity contribution in [1.29, 1.82) is 0 Å². The maximum Gasteiger partial charge on any atom is 0.305 e. The van der Waals surface area contributed by atoms with E-state index in [0.29, 0.717) is 0 Å². The highest BCUT2D eigenvalue weighted by molar-refractivity contribution is 5.69. The molecule has 0 saturated carbocycles. The third-order valence-electron chi connectivity index (χ3n) is 4.79. The molecule has 1 aliphatic rings. The summed E-state index contributed by atoms with van der Waals surface area (Å²) in [6.07, 6.45) is -0.210. The molecule has 0 spiro atoms. The monoisotopic (exact) mass is 408 g/mol. The Balaban J connectivity index is 2.29. The van der Waals surface area contributed by atoms with Crippen LogP contribution in [0.5, 0.6) is 0 Å². The van der Waals surface area contributed by atoms with E-state index < -0.39 is 56.0 Å². The van der Waals surface area contributed by atoms with Crippen molar-refractivity contribution in [2.45, 2.75) is 95.1 Å². The standard InChI is InChI=1S/C19H36O9/c1-2-3-4-5-6-7-8-9-15(22)26-12-13(10-20)27-19-18(25)17(24)16(23)14(11-21)28-19/h13-14,16-21,23-25H,2-12H2,1H3/t13?,14-,16+,17+,18-,19-/m1/s1. The van der Waals surface area contributed by atoms with E-state index in [4.69, 9.17) is 19.3 Å². The van der Waals surface area contributed by atoms with Crippen molar-refractivity contribution < 1.29 is 44.5 Å². The Labute approximate surface area is 166 Å².